The number of halogens is 1. The van der Waals surface area contributed by atoms with Gasteiger partial charge in [0.1, 0.15) is 5.82 Å². The Kier molecular flexibility index (Phi) is 4.42. The van der Waals surface area contributed by atoms with Crippen LogP contribution in [0, 0.1) is 5.82 Å². The summed E-state index contributed by atoms with van der Waals surface area (Å²) in [5.74, 6) is -0.217. The third-order valence-electron chi connectivity index (χ3n) is 2.95. The van der Waals surface area contributed by atoms with Gasteiger partial charge in [0.15, 0.2) is 0 Å². The lowest BCUT2D eigenvalue weighted by atomic mass is 10.2. The van der Waals surface area contributed by atoms with Crippen LogP contribution < -0.4 is 5.32 Å². The molecule has 102 valence electrons. The van der Waals surface area contributed by atoms with Gasteiger partial charge in [-0.2, -0.15) is 0 Å². The van der Waals surface area contributed by atoms with Crippen molar-refractivity contribution in [2.75, 3.05) is 18.8 Å². The molecular weight excluding hydrogens is 267 g/mol. The fourth-order valence-electron chi connectivity index (χ4n) is 1.81. The minimum absolute atomic E-state index is 0.0789. The van der Waals surface area contributed by atoms with Crippen molar-refractivity contribution in [1.29, 1.82) is 0 Å². The van der Waals surface area contributed by atoms with Crippen molar-refractivity contribution < 1.29 is 14.0 Å². The molecule has 3 amide bonds. The maximum absolute atomic E-state index is 12.8. The van der Waals surface area contributed by atoms with E-state index in [1.807, 2.05) is 6.92 Å². The Hall–Kier alpha value is -1.56. The lowest BCUT2D eigenvalue weighted by Crippen LogP contribution is -2.35. The van der Waals surface area contributed by atoms with E-state index in [0.717, 1.165) is 5.56 Å². The molecule has 1 aliphatic heterocycles. The van der Waals surface area contributed by atoms with Gasteiger partial charge in [-0.25, -0.2) is 9.18 Å². The van der Waals surface area contributed by atoms with Gasteiger partial charge in [-0.1, -0.05) is 12.1 Å². The van der Waals surface area contributed by atoms with Gasteiger partial charge in [-0.15, -0.1) is 11.8 Å². The average Bonchev–Trinajstić information content (AvgIpc) is 2.83. The van der Waals surface area contributed by atoms with E-state index in [-0.39, 0.29) is 28.8 Å². The van der Waals surface area contributed by atoms with Crippen LogP contribution in [0.25, 0.3) is 0 Å². The van der Waals surface area contributed by atoms with Gasteiger partial charge in [0.2, 0.25) is 5.91 Å². The van der Waals surface area contributed by atoms with Crippen molar-refractivity contribution in [1.82, 2.24) is 10.2 Å². The molecule has 1 fully saturated rings. The number of benzene rings is 1. The Labute approximate surface area is 115 Å². The molecule has 4 nitrogen and oxygen atoms in total. The first-order valence-corrected chi connectivity index (χ1v) is 7.08. The van der Waals surface area contributed by atoms with Crippen LogP contribution in [0.1, 0.15) is 17.7 Å². The van der Waals surface area contributed by atoms with E-state index >= 15 is 0 Å². The Morgan fingerprint density at radius 1 is 1.47 bits per heavy atom. The van der Waals surface area contributed by atoms with E-state index in [4.69, 9.17) is 0 Å². The fraction of sp³-hybridized carbons (Fsp3) is 0.385. The summed E-state index contributed by atoms with van der Waals surface area (Å²) in [5.41, 5.74) is 0.963. The van der Waals surface area contributed by atoms with Crippen molar-refractivity contribution in [2.24, 2.45) is 0 Å². The molecule has 6 heteroatoms. The molecule has 1 heterocycles. The summed E-state index contributed by atoms with van der Waals surface area (Å²) in [5, 5.41) is 2.67. The van der Waals surface area contributed by atoms with Crippen LogP contribution in [-0.2, 0) is 4.79 Å². The van der Waals surface area contributed by atoms with E-state index < -0.39 is 0 Å². The first kappa shape index (κ1) is 13.9. The molecule has 1 atom stereocenters. The number of thioether (sulfide) groups is 1. The Morgan fingerprint density at radius 3 is 2.74 bits per heavy atom. The second kappa shape index (κ2) is 6.06. The van der Waals surface area contributed by atoms with E-state index in [9.17, 15) is 14.0 Å². The lowest BCUT2D eigenvalue weighted by molar-refractivity contribution is -0.124. The summed E-state index contributed by atoms with van der Waals surface area (Å²) in [6.45, 7) is 2.90. The number of nitrogens with zero attached hydrogens (tertiary/aromatic N) is 1. The third kappa shape index (κ3) is 3.47. The van der Waals surface area contributed by atoms with E-state index in [0.29, 0.717) is 13.1 Å². The van der Waals surface area contributed by atoms with Gasteiger partial charge in [-0.05, 0) is 24.6 Å². The summed E-state index contributed by atoms with van der Waals surface area (Å²) in [4.78, 5) is 24.4. The summed E-state index contributed by atoms with van der Waals surface area (Å²) in [6, 6.07) is 5.91. The van der Waals surface area contributed by atoms with Crippen molar-refractivity contribution >= 4 is 23.7 Å². The SMILES string of the molecule is C[C@H](SCC(=O)N1CCNC1=O)c1ccc(F)cc1. The van der Waals surface area contributed by atoms with E-state index in [1.54, 1.807) is 12.1 Å². The zero-order valence-corrected chi connectivity index (χ0v) is 11.4. The van der Waals surface area contributed by atoms with Crippen LogP contribution in [0.15, 0.2) is 24.3 Å². The number of rotatable bonds is 4. The van der Waals surface area contributed by atoms with Gasteiger partial charge in [-0.3, -0.25) is 9.69 Å². The fourth-order valence-corrected chi connectivity index (χ4v) is 2.71. The zero-order valence-electron chi connectivity index (χ0n) is 10.6. The predicted molar refractivity (Wildman–Crippen MR) is 72.4 cm³/mol. The standard InChI is InChI=1S/C13H15FN2O2S/c1-9(10-2-4-11(14)5-3-10)19-8-12(17)16-7-6-15-13(16)18/h2-5,9H,6-8H2,1H3,(H,15,18)/t9-/m0/s1. The quantitative estimate of drug-likeness (QED) is 0.920. The van der Waals surface area contributed by atoms with Crippen LogP contribution in [0.5, 0.6) is 0 Å². The van der Waals surface area contributed by atoms with Gasteiger partial charge >= 0.3 is 6.03 Å². The summed E-state index contributed by atoms with van der Waals surface area (Å²) in [7, 11) is 0. The molecule has 0 aromatic heterocycles. The minimum atomic E-state index is -0.319. The Bertz CT molecular complexity index is 478. The molecule has 0 unspecified atom stereocenters. The van der Waals surface area contributed by atoms with Crippen LogP contribution in [0.2, 0.25) is 0 Å². The highest BCUT2D eigenvalue weighted by Gasteiger charge is 2.26. The summed E-state index contributed by atoms with van der Waals surface area (Å²) < 4.78 is 12.8. The van der Waals surface area contributed by atoms with Crippen molar-refractivity contribution in [2.45, 2.75) is 12.2 Å². The molecular formula is C13H15FN2O2S. The number of urea groups is 1. The number of nitrogens with one attached hydrogen (secondary N) is 1. The molecule has 19 heavy (non-hydrogen) atoms. The summed E-state index contributed by atoms with van der Waals surface area (Å²) >= 11 is 1.44. The molecule has 0 spiro atoms. The van der Waals surface area contributed by atoms with Crippen molar-refractivity contribution in [3.63, 3.8) is 0 Å². The Morgan fingerprint density at radius 2 is 2.16 bits per heavy atom. The van der Waals surface area contributed by atoms with Gasteiger partial charge in [0.05, 0.1) is 5.75 Å². The van der Waals surface area contributed by atoms with Crippen molar-refractivity contribution in [3.8, 4) is 0 Å². The first-order valence-electron chi connectivity index (χ1n) is 6.03. The third-order valence-corrected chi connectivity index (χ3v) is 4.14. The number of imide groups is 1. The largest absolute Gasteiger partial charge is 0.336 e. The topological polar surface area (TPSA) is 49.4 Å². The van der Waals surface area contributed by atoms with E-state index in [2.05, 4.69) is 5.32 Å². The number of hydrogen-bond acceptors (Lipinski definition) is 3. The monoisotopic (exact) mass is 282 g/mol. The average molecular weight is 282 g/mol. The van der Waals surface area contributed by atoms with Crippen LogP contribution in [0.3, 0.4) is 0 Å². The zero-order chi connectivity index (χ0) is 13.8. The summed E-state index contributed by atoms with van der Waals surface area (Å²) in [6.07, 6.45) is 0. The molecule has 0 aliphatic carbocycles. The molecule has 0 radical (unpaired) electrons. The lowest BCUT2D eigenvalue weighted by Gasteiger charge is -2.15. The highest BCUT2D eigenvalue weighted by atomic mass is 32.2. The highest BCUT2D eigenvalue weighted by Crippen LogP contribution is 2.28. The molecule has 1 aromatic carbocycles. The van der Waals surface area contributed by atoms with Crippen LogP contribution in [-0.4, -0.2) is 35.7 Å². The number of carbonyl (C=O) groups is 2. The second-order valence-electron chi connectivity index (χ2n) is 4.28. The smallest absolute Gasteiger partial charge is 0.324 e. The number of hydrogen-bond donors (Lipinski definition) is 1. The first-order chi connectivity index (χ1) is 9.08. The Balaban J connectivity index is 1.86. The van der Waals surface area contributed by atoms with E-state index in [1.165, 1.54) is 28.8 Å². The molecule has 2 rings (SSSR count). The molecule has 0 saturated carbocycles. The highest BCUT2D eigenvalue weighted by molar-refractivity contribution is 8.00. The number of amides is 3. The van der Waals surface area contributed by atoms with Crippen molar-refractivity contribution in [3.05, 3.63) is 35.6 Å². The second-order valence-corrected chi connectivity index (χ2v) is 5.61. The number of carbonyl (C=O) groups excluding carboxylic acids is 2. The van der Waals surface area contributed by atoms with Crippen LogP contribution >= 0.6 is 11.8 Å². The normalized spacial score (nSPS) is 16.3. The molecule has 1 aromatic rings. The van der Waals surface area contributed by atoms with Gasteiger partial charge in [0.25, 0.3) is 0 Å². The van der Waals surface area contributed by atoms with Gasteiger partial charge in [0, 0.05) is 18.3 Å². The molecule has 1 aliphatic rings. The molecule has 0 bridgehead atoms. The maximum Gasteiger partial charge on any atom is 0.324 e. The minimum Gasteiger partial charge on any atom is -0.336 e. The van der Waals surface area contributed by atoms with Crippen LogP contribution in [0.4, 0.5) is 9.18 Å². The molecule has 1 N–H and O–H groups in total. The molecule has 1 saturated heterocycles. The predicted octanol–water partition coefficient (Wildman–Crippen LogP) is 2.17. The van der Waals surface area contributed by atoms with Gasteiger partial charge < -0.3 is 5.32 Å². The maximum atomic E-state index is 12.8.